The summed E-state index contributed by atoms with van der Waals surface area (Å²) in [4.78, 5) is 25.0. The number of amides is 1. The van der Waals surface area contributed by atoms with Gasteiger partial charge in [-0.05, 0) is 42.3 Å². The molecular formula is C21H22ClNO5. The number of carbonyl (C=O) groups excluding carboxylic acids is 2. The number of rotatable bonds is 7. The number of ketones is 1. The van der Waals surface area contributed by atoms with Crippen molar-refractivity contribution in [1.82, 2.24) is 5.32 Å². The zero-order valence-electron chi connectivity index (χ0n) is 15.3. The molecule has 7 heteroatoms. The Labute approximate surface area is 168 Å². The first kappa shape index (κ1) is 20.3. The molecule has 0 saturated carbocycles. The van der Waals surface area contributed by atoms with E-state index in [9.17, 15) is 19.8 Å². The van der Waals surface area contributed by atoms with Crippen molar-refractivity contribution in [3.63, 3.8) is 0 Å². The van der Waals surface area contributed by atoms with Gasteiger partial charge in [-0.2, -0.15) is 0 Å². The lowest BCUT2D eigenvalue weighted by Crippen LogP contribution is -2.52. The summed E-state index contributed by atoms with van der Waals surface area (Å²) in [6.07, 6.45) is 0.728. The molecule has 1 heterocycles. The molecule has 1 aliphatic heterocycles. The fourth-order valence-corrected chi connectivity index (χ4v) is 3.40. The van der Waals surface area contributed by atoms with Gasteiger partial charge in [0.15, 0.2) is 0 Å². The van der Waals surface area contributed by atoms with E-state index in [1.807, 2.05) is 0 Å². The summed E-state index contributed by atoms with van der Waals surface area (Å²) in [7, 11) is 0. The van der Waals surface area contributed by atoms with Crippen LogP contribution in [0, 0.1) is 0 Å². The van der Waals surface area contributed by atoms with E-state index in [0.29, 0.717) is 34.7 Å². The monoisotopic (exact) mass is 403 g/mol. The van der Waals surface area contributed by atoms with Crippen molar-refractivity contribution in [3.05, 3.63) is 64.2 Å². The Morgan fingerprint density at radius 3 is 2.71 bits per heavy atom. The van der Waals surface area contributed by atoms with Crippen LogP contribution in [-0.2, 0) is 22.4 Å². The van der Waals surface area contributed by atoms with Gasteiger partial charge in [-0.25, -0.2) is 0 Å². The molecule has 0 radical (unpaired) electrons. The number of nitrogens with one attached hydrogen (secondary N) is 1. The molecular weight excluding hydrogens is 382 g/mol. The summed E-state index contributed by atoms with van der Waals surface area (Å²) in [6.45, 7) is 0.572. The van der Waals surface area contributed by atoms with Gasteiger partial charge < -0.3 is 20.3 Å². The first-order chi connectivity index (χ1) is 13.4. The van der Waals surface area contributed by atoms with Crippen LogP contribution in [0.2, 0.25) is 5.02 Å². The molecule has 0 spiro atoms. The van der Waals surface area contributed by atoms with E-state index in [4.69, 9.17) is 16.3 Å². The number of ether oxygens (including phenoxy) is 1. The lowest BCUT2D eigenvalue weighted by molar-refractivity contribution is -0.117. The van der Waals surface area contributed by atoms with E-state index < -0.39 is 5.54 Å². The van der Waals surface area contributed by atoms with Gasteiger partial charge in [0.2, 0.25) is 0 Å². The number of phenolic OH excluding ortho intramolecular Hbond substituents is 1. The van der Waals surface area contributed by atoms with Crippen LogP contribution in [0.15, 0.2) is 42.5 Å². The third-order valence-corrected chi connectivity index (χ3v) is 5.04. The van der Waals surface area contributed by atoms with Crippen molar-refractivity contribution in [2.24, 2.45) is 0 Å². The summed E-state index contributed by atoms with van der Waals surface area (Å²) in [6, 6.07) is 11.4. The lowest BCUT2D eigenvalue weighted by Gasteiger charge is -2.26. The molecule has 0 aliphatic carbocycles. The number of aromatic hydroxyl groups is 1. The largest absolute Gasteiger partial charge is 0.508 e. The fraction of sp³-hybridized carbons (Fsp3) is 0.333. The van der Waals surface area contributed by atoms with E-state index in [1.165, 1.54) is 6.07 Å². The van der Waals surface area contributed by atoms with Crippen LogP contribution in [0.1, 0.15) is 27.9 Å². The summed E-state index contributed by atoms with van der Waals surface area (Å²) in [5.41, 5.74) is 0.820. The van der Waals surface area contributed by atoms with Crippen LogP contribution in [0.5, 0.6) is 5.75 Å². The van der Waals surface area contributed by atoms with E-state index in [0.717, 1.165) is 0 Å². The zero-order valence-corrected chi connectivity index (χ0v) is 16.0. The normalized spacial score (nSPS) is 18.8. The number of aliphatic hydroxyl groups excluding tert-OH is 1. The molecule has 3 N–H and O–H groups in total. The Bertz CT molecular complexity index is 877. The SMILES string of the molecule is O=C(Cc1cccc(C(=O)NC2(CO)CCOC2)c1)Cc1cc(Cl)ccc1O. The number of phenols is 1. The van der Waals surface area contributed by atoms with Crippen LogP contribution in [0.25, 0.3) is 0 Å². The highest BCUT2D eigenvalue weighted by Gasteiger charge is 2.36. The minimum atomic E-state index is -0.757. The van der Waals surface area contributed by atoms with Crippen molar-refractivity contribution < 1.29 is 24.5 Å². The summed E-state index contributed by atoms with van der Waals surface area (Å²) >= 11 is 5.92. The molecule has 1 saturated heterocycles. The van der Waals surface area contributed by atoms with E-state index in [-0.39, 0.29) is 43.5 Å². The van der Waals surface area contributed by atoms with E-state index >= 15 is 0 Å². The average molecular weight is 404 g/mol. The minimum Gasteiger partial charge on any atom is -0.508 e. The Morgan fingerprint density at radius 2 is 2.00 bits per heavy atom. The van der Waals surface area contributed by atoms with Gasteiger partial charge in [0.1, 0.15) is 11.5 Å². The molecule has 148 valence electrons. The molecule has 0 bridgehead atoms. The van der Waals surface area contributed by atoms with Crippen LogP contribution in [-0.4, -0.2) is 47.3 Å². The van der Waals surface area contributed by atoms with Crippen molar-refractivity contribution in [2.75, 3.05) is 19.8 Å². The van der Waals surface area contributed by atoms with Crippen molar-refractivity contribution in [2.45, 2.75) is 24.8 Å². The number of hydrogen-bond donors (Lipinski definition) is 3. The molecule has 1 unspecified atom stereocenters. The predicted molar refractivity (Wildman–Crippen MR) is 105 cm³/mol. The summed E-state index contributed by atoms with van der Waals surface area (Å²) in [5.74, 6) is -0.397. The number of carbonyl (C=O) groups is 2. The second-order valence-electron chi connectivity index (χ2n) is 7.06. The second-order valence-corrected chi connectivity index (χ2v) is 7.50. The van der Waals surface area contributed by atoms with Gasteiger partial charge in [0, 0.05) is 35.6 Å². The Balaban J connectivity index is 1.66. The Morgan fingerprint density at radius 1 is 1.18 bits per heavy atom. The third-order valence-electron chi connectivity index (χ3n) is 4.80. The average Bonchev–Trinajstić information content (AvgIpc) is 3.14. The Kier molecular flexibility index (Phi) is 6.34. The third kappa shape index (κ3) is 4.90. The van der Waals surface area contributed by atoms with Crippen molar-refractivity contribution in [1.29, 1.82) is 0 Å². The quantitative estimate of drug-likeness (QED) is 0.659. The van der Waals surface area contributed by atoms with Gasteiger partial charge in [0.25, 0.3) is 5.91 Å². The highest BCUT2D eigenvalue weighted by atomic mass is 35.5. The smallest absolute Gasteiger partial charge is 0.251 e. The maximum absolute atomic E-state index is 12.6. The molecule has 1 aliphatic rings. The van der Waals surface area contributed by atoms with Gasteiger partial charge in [-0.3, -0.25) is 9.59 Å². The molecule has 1 atom stereocenters. The maximum Gasteiger partial charge on any atom is 0.251 e. The second kappa shape index (κ2) is 8.73. The van der Waals surface area contributed by atoms with Gasteiger partial charge >= 0.3 is 0 Å². The number of hydrogen-bond acceptors (Lipinski definition) is 5. The minimum absolute atomic E-state index is 0.0268. The van der Waals surface area contributed by atoms with Gasteiger partial charge in [0.05, 0.1) is 18.8 Å². The zero-order chi connectivity index (χ0) is 20.1. The molecule has 1 amide bonds. The molecule has 28 heavy (non-hydrogen) atoms. The van der Waals surface area contributed by atoms with Crippen LogP contribution in [0.4, 0.5) is 0 Å². The molecule has 6 nitrogen and oxygen atoms in total. The summed E-state index contributed by atoms with van der Waals surface area (Å²) < 4.78 is 5.29. The lowest BCUT2D eigenvalue weighted by atomic mass is 9.98. The standard InChI is InChI=1S/C21H22ClNO5/c22-17-4-5-19(26)16(10-17)11-18(25)9-14-2-1-3-15(8-14)20(27)23-21(12-24)6-7-28-13-21/h1-5,8,10,24,26H,6-7,9,11-13H2,(H,23,27). The highest BCUT2D eigenvalue weighted by molar-refractivity contribution is 6.30. The van der Waals surface area contributed by atoms with Crippen molar-refractivity contribution in [3.8, 4) is 5.75 Å². The van der Waals surface area contributed by atoms with Crippen LogP contribution >= 0.6 is 11.6 Å². The van der Waals surface area contributed by atoms with Crippen molar-refractivity contribution >= 4 is 23.3 Å². The fourth-order valence-electron chi connectivity index (χ4n) is 3.20. The summed E-state index contributed by atoms with van der Waals surface area (Å²) in [5, 5.41) is 22.8. The predicted octanol–water partition coefficient (Wildman–Crippen LogP) is 2.28. The maximum atomic E-state index is 12.6. The highest BCUT2D eigenvalue weighted by Crippen LogP contribution is 2.23. The number of aliphatic hydroxyl groups is 1. The van der Waals surface area contributed by atoms with E-state index in [2.05, 4.69) is 5.32 Å². The molecule has 1 fully saturated rings. The van der Waals surface area contributed by atoms with Crippen LogP contribution < -0.4 is 5.32 Å². The Hall–Kier alpha value is -2.41. The topological polar surface area (TPSA) is 95.9 Å². The molecule has 0 aromatic heterocycles. The first-order valence-electron chi connectivity index (χ1n) is 9.00. The molecule has 2 aromatic rings. The van der Waals surface area contributed by atoms with Gasteiger partial charge in [-0.15, -0.1) is 0 Å². The van der Waals surface area contributed by atoms with E-state index in [1.54, 1.807) is 36.4 Å². The number of Topliss-reactive ketones (excluding diaryl/α,β-unsaturated/α-hetero) is 1. The molecule has 3 rings (SSSR count). The number of benzene rings is 2. The molecule has 2 aromatic carbocycles. The van der Waals surface area contributed by atoms with Crippen LogP contribution in [0.3, 0.4) is 0 Å². The first-order valence-corrected chi connectivity index (χ1v) is 9.38. The number of halogens is 1. The van der Waals surface area contributed by atoms with Gasteiger partial charge in [-0.1, -0.05) is 23.7 Å².